The highest BCUT2D eigenvalue weighted by Crippen LogP contribution is 2.20. The predicted molar refractivity (Wildman–Crippen MR) is 68.2 cm³/mol. The molecule has 0 bridgehead atoms. The Hall–Kier alpha value is -1.82. The summed E-state index contributed by atoms with van der Waals surface area (Å²) in [6.07, 6.45) is 0.250. The number of aromatic nitrogens is 1. The molecule has 0 aliphatic rings. The summed E-state index contributed by atoms with van der Waals surface area (Å²) in [5.74, 6) is -0.958. The van der Waals surface area contributed by atoms with Gasteiger partial charge in [0.25, 0.3) is 0 Å². The summed E-state index contributed by atoms with van der Waals surface area (Å²) in [5, 5.41) is 11.7. The van der Waals surface area contributed by atoms with Crippen molar-refractivity contribution in [2.75, 3.05) is 25.5 Å². The Balaban J connectivity index is 2.89. The number of nitrogens with zero attached hydrogens (tertiary/aromatic N) is 2. The Morgan fingerprint density at radius 2 is 2.17 bits per heavy atom. The normalized spacial score (nSPS) is 9.94. The SMILES string of the molecule is CNC(=O)CCN(C)c1nc(Cl)ccc1C(=O)O. The highest BCUT2D eigenvalue weighted by atomic mass is 35.5. The van der Waals surface area contributed by atoms with E-state index in [1.165, 1.54) is 12.1 Å². The Morgan fingerprint density at radius 3 is 2.72 bits per heavy atom. The second-order valence-corrected chi connectivity index (χ2v) is 4.04. The van der Waals surface area contributed by atoms with Crippen LogP contribution >= 0.6 is 11.6 Å². The molecule has 0 radical (unpaired) electrons. The van der Waals surface area contributed by atoms with Gasteiger partial charge in [-0.1, -0.05) is 11.6 Å². The maximum absolute atomic E-state index is 11.1. The van der Waals surface area contributed by atoms with Gasteiger partial charge >= 0.3 is 5.97 Å². The van der Waals surface area contributed by atoms with Crippen molar-refractivity contribution in [2.45, 2.75) is 6.42 Å². The van der Waals surface area contributed by atoms with Crippen LogP contribution in [0.1, 0.15) is 16.8 Å². The lowest BCUT2D eigenvalue weighted by Gasteiger charge is -2.19. The number of carboxylic acid groups (broad SMARTS) is 1. The highest BCUT2D eigenvalue weighted by Gasteiger charge is 2.16. The van der Waals surface area contributed by atoms with Crippen LogP contribution in [0.3, 0.4) is 0 Å². The fourth-order valence-electron chi connectivity index (χ4n) is 1.38. The first-order valence-corrected chi connectivity index (χ1v) is 5.65. The van der Waals surface area contributed by atoms with E-state index in [1.807, 2.05) is 0 Å². The van der Waals surface area contributed by atoms with Crippen molar-refractivity contribution in [1.82, 2.24) is 10.3 Å². The molecule has 1 aromatic heterocycles. The summed E-state index contributed by atoms with van der Waals surface area (Å²) >= 11 is 5.75. The molecule has 0 atom stereocenters. The minimum Gasteiger partial charge on any atom is -0.478 e. The molecule has 18 heavy (non-hydrogen) atoms. The lowest BCUT2D eigenvalue weighted by Crippen LogP contribution is -2.28. The maximum atomic E-state index is 11.1. The Bertz CT molecular complexity index is 465. The van der Waals surface area contributed by atoms with Crippen LogP contribution in [0.4, 0.5) is 5.82 Å². The van der Waals surface area contributed by atoms with E-state index in [0.29, 0.717) is 6.54 Å². The van der Waals surface area contributed by atoms with E-state index >= 15 is 0 Å². The first-order chi connectivity index (χ1) is 8.45. The maximum Gasteiger partial charge on any atom is 0.339 e. The predicted octanol–water partition coefficient (Wildman–Crippen LogP) is 1.01. The third-order valence-corrected chi connectivity index (χ3v) is 2.60. The number of carbonyl (C=O) groups is 2. The summed E-state index contributed by atoms with van der Waals surface area (Å²) < 4.78 is 0. The lowest BCUT2D eigenvalue weighted by atomic mass is 10.2. The zero-order chi connectivity index (χ0) is 13.7. The van der Waals surface area contributed by atoms with Crippen LogP contribution in [0.15, 0.2) is 12.1 Å². The quantitative estimate of drug-likeness (QED) is 0.781. The average Bonchev–Trinajstić information content (AvgIpc) is 2.34. The van der Waals surface area contributed by atoms with Crippen LogP contribution in [0.2, 0.25) is 5.15 Å². The number of nitrogens with one attached hydrogen (secondary N) is 1. The van der Waals surface area contributed by atoms with E-state index in [9.17, 15) is 9.59 Å². The van der Waals surface area contributed by atoms with Crippen molar-refractivity contribution in [3.63, 3.8) is 0 Å². The number of anilines is 1. The van der Waals surface area contributed by atoms with Gasteiger partial charge in [0, 0.05) is 27.1 Å². The first-order valence-electron chi connectivity index (χ1n) is 5.27. The number of hydrogen-bond acceptors (Lipinski definition) is 4. The van der Waals surface area contributed by atoms with Gasteiger partial charge in [-0.05, 0) is 12.1 Å². The third-order valence-electron chi connectivity index (χ3n) is 2.39. The topological polar surface area (TPSA) is 82.5 Å². The van der Waals surface area contributed by atoms with Gasteiger partial charge in [0.05, 0.1) is 0 Å². The van der Waals surface area contributed by atoms with Gasteiger partial charge in [-0.15, -0.1) is 0 Å². The molecule has 1 aromatic rings. The Kier molecular flexibility index (Phi) is 4.91. The minimum atomic E-state index is -1.08. The smallest absolute Gasteiger partial charge is 0.339 e. The van der Waals surface area contributed by atoms with Crippen molar-refractivity contribution in [3.8, 4) is 0 Å². The molecule has 0 saturated carbocycles. The summed E-state index contributed by atoms with van der Waals surface area (Å²) in [5.41, 5.74) is 0.0545. The van der Waals surface area contributed by atoms with E-state index in [4.69, 9.17) is 16.7 Å². The summed E-state index contributed by atoms with van der Waals surface area (Å²) in [6, 6.07) is 2.81. The van der Waals surface area contributed by atoms with Gasteiger partial charge in [-0.3, -0.25) is 4.79 Å². The number of carbonyl (C=O) groups excluding carboxylic acids is 1. The molecule has 2 N–H and O–H groups in total. The molecule has 0 fully saturated rings. The number of pyridine rings is 1. The molecule has 1 rings (SSSR count). The van der Waals surface area contributed by atoms with Gasteiger partial charge in [0.15, 0.2) is 0 Å². The molecule has 0 aliphatic heterocycles. The molecular formula is C11H14ClN3O3. The Morgan fingerprint density at radius 1 is 1.50 bits per heavy atom. The van der Waals surface area contributed by atoms with Gasteiger partial charge in [0.2, 0.25) is 5.91 Å². The van der Waals surface area contributed by atoms with E-state index in [-0.39, 0.29) is 28.9 Å². The monoisotopic (exact) mass is 271 g/mol. The van der Waals surface area contributed by atoms with E-state index in [0.717, 1.165) is 0 Å². The van der Waals surface area contributed by atoms with E-state index < -0.39 is 5.97 Å². The summed E-state index contributed by atoms with van der Waals surface area (Å²) in [6.45, 7) is 0.354. The molecule has 6 nitrogen and oxygen atoms in total. The molecule has 1 heterocycles. The molecular weight excluding hydrogens is 258 g/mol. The largest absolute Gasteiger partial charge is 0.478 e. The molecule has 0 unspecified atom stereocenters. The lowest BCUT2D eigenvalue weighted by molar-refractivity contribution is -0.120. The first kappa shape index (κ1) is 14.2. The van der Waals surface area contributed by atoms with Crippen molar-refractivity contribution in [1.29, 1.82) is 0 Å². The highest BCUT2D eigenvalue weighted by molar-refractivity contribution is 6.29. The van der Waals surface area contributed by atoms with Gasteiger partial charge in [0.1, 0.15) is 16.5 Å². The number of halogens is 1. The molecule has 7 heteroatoms. The molecule has 98 valence electrons. The number of hydrogen-bond donors (Lipinski definition) is 2. The van der Waals surface area contributed by atoms with Crippen molar-refractivity contribution in [3.05, 3.63) is 22.8 Å². The van der Waals surface area contributed by atoms with Crippen LogP contribution < -0.4 is 10.2 Å². The molecule has 1 amide bonds. The van der Waals surface area contributed by atoms with E-state index in [1.54, 1.807) is 19.0 Å². The van der Waals surface area contributed by atoms with Gasteiger partial charge in [-0.25, -0.2) is 9.78 Å². The average molecular weight is 272 g/mol. The standard InChI is InChI=1S/C11H14ClN3O3/c1-13-9(16)5-6-15(2)10-7(11(17)18)3-4-8(12)14-10/h3-4H,5-6H2,1-2H3,(H,13,16)(H,17,18). The van der Waals surface area contributed by atoms with Crippen LogP contribution in [0.25, 0.3) is 0 Å². The number of amides is 1. The molecule has 0 saturated heterocycles. The number of aromatic carboxylic acids is 1. The van der Waals surface area contributed by atoms with Crippen molar-refractivity contribution < 1.29 is 14.7 Å². The van der Waals surface area contributed by atoms with Crippen LogP contribution in [0, 0.1) is 0 Å². The third kappa shape index (κ3) is 3.59. The molecule has 0 aliphatic carbocycles. The zero-order valence-electron chi connectivity index (χ0n) is 10.1. The van der Waals surface area contributed by atoms with Gasteiger partial charge in [-0.2, -0.15) is 0 Å². The van der Waals surface area contributed by atoms with E-state index in [2.05, 4.69) is 10.3 Å². The summed E-state index contributed by atoms with van der Waals surface area (Å²) in [4.78, 5) is 27.7. The zero-order valence-corrected chi connectivity index (χ0v) is 10.9. The number of carboxylic acids is 1. The Labute approximate surface area is 110 Å². The fraction of sp³-hybridized carbons (Fsp3) is 0.364. The van der Waals surface area contributed by atoms with Crippen LogP contribution in [-0.4, -0.2) is 42.6 Å². The molecule has 0 aromatic carbocycles. The van der Waals surface area contributed by atoms with Crippen LogP contribution in [0.5, 0.6) is 0 Å². The molecule has 0 spiro atoms. The van der Waals surface area contributed by atoms with Gasteiger partial charge < -0.3 is 15.3 Å². The second-order valence-electron chi connectivity index (χ2n) is 3.66. The summed E-state index contributed by atoms with van der Waals surface area (Å²) in [7, 11) is 3.21. The van der Waals surface area contributed by atoms with Crippen molar-refractivity contribution >= 4 is 29.3 Å². The number of rotatable bonds is 5. The minimum absolute atomic E-state index is 0.0545. The van der Waals surface area contributed by atoms with Crippen molar-refractivity contribution in [2.24, 2.45) is 0 Å². The second kappa shape index (κ2) is 6.20. The fourth-order valence-corrected chi connectivity index (χ4v) is 1.53. The van der Waals surface area contributed by atoms with Crippen LogP contribution in [-0.2, 0) is 4.79 Å².